The molecule has 0 bridgehead atoms. The van der Waals surface area contributed by atoms with E-state index in [9.17, 15) is 4.79 Å². The molecule has 1 heterocycles. The molecule has 72 valence electrons. The van der Waals surface area contributed by atoms with Gasteiger partial charge in [0.25, 0.3) is 0 Å². The van der Waals surface area contributed by atoms with E-state index in [1.807, 2.05) is 0 Å². The molecule has 1 aromatic heterocycles. The van der Waals surface area contributed by atoms with Gasteiger partial charge in [-0.2, -0.15) is 0 Å². The predicted octanol–water partition coefficient (Wildman–Crippen LogP) is 1.85. The van der Waals surface area contributed by atoms with E-state index in [-0.39, 0.29) is 5.78 Å². The highest BCUT2D eigenvalue weighted by atomic mass is 16.3. The highest BCUT2D eigenvalue weighted by molar-refractivity contribution is 5.94. The number of carbonyl (C=O) groups is 1. The molecule has 3 nitrogen and oxygen atoms in total. The van der Waals surface area contributed by atoms with Crippen molar-refractivity contribution in [2.75, 3.05) is 6.54 Å². The SMILES string of the molecule is CCC(C)NCC(=O)c1ccco1. The minimum atomic E-state index is 0.00491. The Bertz CT molecular complexity index is 254. The maximum absolute atomic E-state index is 11.4. The Kier molecular flexibility index (Phi) is 3.71. The molecule has 0 aromatic carbocycles. The lowest BCUT2D eigenvalue weighted by molar-refractivity contribution is 0.0961. The number of carbonyl (C=O) groups excluding carboxylic acids is 1. The van der Waals surface area contributed by atoms with E-state index >= 15 is 0 Å². The van der Waals surface area contributed by atoms with Crippen LogP contribution in [0.1, 0.15) is 30.8 Å². The molecule has 1 unspecified atom stereocenters. The van der Waals surface area contributed by atoms with E-state index in [0.29, 0.717) is 18.3 Å². The Morgan fingerprint density at radius 1 is 1.69 bits per heavy atom. The summed E-state index contributed by atoms with van der Waals surface area (Å²) < 4.78 is 4.97. The second-order valence-electron chi connectivity index (χ2n) is 3.09. The summed E-state index contributed by atoms with van der Waals surface area (Å²) >= 11 is 0. The van der Waals surface area contributed by atoms with Gasteiger partial charge in [0, 0.05) is 6.04 Å². The van der Waals surface area contributed by atoms with E-state index in [4.69, 9.17) is 4.42 Å². The summed E-state index contributed by atoms with van der Waals surface area (Å²) in [5.41, 5.74) is 0. The Morgan fingerprint density at radius 2 is 2.46 bits per heavy atom. The highest BCUT2D eigenvalue weighted by Gasteiger charge is 2.08. The van der Waals surface area contributed by atoms with Crippen LogP contribution in [0.2, 0.25) is 0 Å². The van der Waals surface area contributed by atoms with Gasteiger partial charge in [-0.15, -0.1) is 0 Å². The van der Waals surface area contributed by atoms with Crippen molar-refractivity contribution in [2.45, 2.75) is 26.3 Å². The average molecular weight is 181 g/mol. The molecule has 0 radical (unpaired) electrons. The molecule has 1 rings (SSSR count). The first-order valence-corrected chi connectivity index (χ1v) is 4.54. The zero-order valence-electron chi connectivity index (χ0n) is 8.04. The number of rotatable bonds is 5. The quantitative estimate of drug-likeness (QED) is 0.705. The lowest BCUT2D eigenvalue weighted by atomic mass is 10.2. The van der Waals surface area contributed by atoms with Crippen molar-refractivity contribution in [1.29, 1.82) is 0 Å². The van der Waals surface area contributed by atoms with Crippen molar-refractivity contribution in [3.63, 3.8) is 0 Å². The largest absolute Gasteiger partial charge is 0.461 e. The summed E-state index contributed by atoms with van der Waals surface area (Å²) in [7, 11) is 0. The monoisotopic (exact) mass is 181 g/mol. The third-order valence-corrected chi connectivity index (χ3v) is 2.02. The summed E-state index contributed by atoms with van der Waals surface area (Å²) in [4.78, 5) is 11.4. The van der Waals surface area contributed by atoms with E-state index < -0.39 is 0 Å². The van der Waals surface area contributed by atoms with Gasteiger partial charge in [0.2, 0.25) is 5.78 Å². The van der Waals surface area contributed by atoms with Crippen molar-refractivity contribution < 1.29 is 9.21 Å². The summed E-state index contributed by atoms with van der Waals surface area (Å²) in [6.07, 6.45) is 2.53. The van der Waals surface area contributed by atoms with Crippen LogP contribution in [0, 0.1) is 0 Å². The van der Waals surface area contributed by atoms with E-state index in [0.717, 1.165) is 6.42 Å². The fraction of sp³-hybridized carbons (Fsp3) is 0.500. The molecule has 0 amide bonds. The molecule has 13 heavy (non-hydrogen) atoms. The highest BCUT2D eigenvalue weighted by Crippen LogP contribution is 2.00. The fourth-order valence-corrected chi connectivity index (χ4v) is 0.936. The molecular formula is C10H15NO2. The first-order valence-electron chi connectivity index (χ1n) is 4.54. The van der Waals surface area contributed by atoms with Gasteiger partial charge in [-0.25, -0.2) is 0 Å². The minimum absolute atomic E-state index is 0.00491. The maximum atomic E-state index is 11.4. The molecule has 0 saturated heterocycles. The lowest BCUT2D eigenvalue weighted by Gasteiger charge is -2.08. The van der Waals surface area contributed by atoms with Gasteiger partial charge in [0.05, 0.1) is 12.8 Å². The molecule has 0 aliphatic heterocycles. The van der Waals surface area contributed by atoms with Crippen LogP contribution in [-0.4, -0.2) is 18.4 Å². The molecular weight excluding hydrogens is 166 g/mol. The Morgan fingerprint density at radius 3 is 3.00 bits per heavy atom. The zero-order valence-corrected chi connectivity index (χ0v) is 8.04. The van der Waals surface area contributed by atoms with Crippen LogP contribution in [0.15, 0.2) is 22.8 Å². The van der Waals surface area contributed by atoms with E-state index in [2.05, 4.69) is 19.2 Å². The number of nitrogens with one attached hydrogen (secondary N) is 1. The minimum Gasteiger partial charge on any atom is -0.461 e. The zero-order chi connectivity index (χ0) is 9.68. The molecule has 0 fully saturated rings. The van der Waals surface area contributed by atoms with Crippen LogP contribution < -0.4 is 5.32 Å². The van der Waals surface area contributed by atoms with Crippen LogP contribution in [0.4, 0.5) is 0 Å². The van der Waals surface area contributed by atoms with Crippen molar-refractivity contribution in [3.8, 4) is 0 Å². The van der Waals surface area contributed by atoms with Gasteiger partial charge in [0.1, 0.15) is 0 Å². The molecule has 0 saturated carbocycles. The van der Waals surface area contributed by atoms with Gasteiger partial charge >= 0.3 is 0 Å². The average Bonchev–Trinajstić information content (AvgIpc) is 2.66. The Labute approximate surface area is 78.1 Å². The third-order valence-electron chi connectivity index (χ3n) is 2.02. The normalized spacial score (nSPS) is 12.8. The summed E-state index contributed by atoms with van der Waals surface area (Å²) in [6.45, 7) is 4.48. The molecule has 0 aliphatic carbocycles. The van der Waals surface area contributed by atoms with Gasteiger partial charge in [-0.1, -0.05) is 6.92 Å². The second kappa shape index (κ2) is 4.82. The van der Waals surface area contributed by atoms with Crippen LogP contribution in [0.5, 0.6) is 0 Å². The van der Waals surface area contributed by atoms with E-state index in [1.54, 1.807) is 12.1 Å². The van der Waals surface area contributed by atoms with E-state index in [1.165, 1.54) is 6.26 Å². The van der Waals surface area contributed by atoms with Crippen molar-refractivity contribution >= 4 is 5.78 Å². The first kappa shape index (κ1) is 9.99. The molecule has 3 heteroatoms. The molecule has 1 aromatic rings. The first-order chi connectivity index (χ1) is 6.24. The van der Waals surface area contributed by atoms with Crippen LogP contribution in [-0.2, 0) is 0 Å². The van der Waals surface area contributed by atoms with Gasteiger partial charge < -0.3 is 9.73 Å². The number of furan rings is 1. The van der Waals surface area contributed by atoms with Gasteiger partial charge in [-0.3, -0.25) is 4.79 Å². The number of ketones is 1. The smallest absolute Gasteiger partial charge is 0.211 e. The fourth-order valence-electron chi connectivity index (χ4n) is 0.936. The molecule has 1 N–H and O–H groups in total. The Hall–Kier alpha value is -1.09. The van der Waals surface area contributed by atoms with Gasteiger partial charge in [0.15, 0.2) is 5.76 Å². The predicted molar refractivity (Wildman–Crippen MR) is 50.8 cm³/mol. The molecule has 0 spiro atoms. The molecule has 0 aliphatic rings. The number of hydrogen-bond donors (Lipinski definition) is 1. The second-order valence-corrected chi connectivity index (χ2v) is 3.09. The van der Waals surface area contributed by atoms with Crippen LogP contribution >= 0.6 is 0 Å². The third kappa shape index (κ3) is 3.03. The lowest BCUT2D eigenvalue weighted by Crippen LogP contribution is -2.30. The number of Topliss-reactive ketones (excluding diaryl/α,β-unsaturated/α-hetero) is 1. The summed E-state index contributed by atoms with van der Waals surface area (Å²) in [5, 5.41) is 3.11. The summed E-state index contributed by atoms with van der Waals surface area (Å²) in [6, 6.07) is 3.77. The standard InChI is InChI=1S/C10H15NO2/c1-3-8(2)11-7-9(12)10-5-4-6-13-10/h4-6,8,11H,3,7H2,1-2H3. The molecule has 1 atom stereocenters. The van der Waals surface area contributed by atoms with Crippen LogP contribution in [0.25, 0.3) is 0 Å². The van der Waals surface area contributed by atoms with Crippen molar-refractivity contribution in [2.24, 2.45) is 0 Å². The van der Waals surface area contributed by atoms with Crippen molar-refractivity contribution in [3.05, 3.63) is 24.2 Å². The van der Waals surface area contributed by atoms with Gasteiger partial charge in [-0.05, 0) is 25.5 Å². The van der Waals surface area contributed by atoms with Crippen molar-refractivity contribution in [1.82, 2.24) is 5.32 Å². The maximum Gasteiger partial charge on any atom is 0.211 e. The van der Waals surface area contributed by atoms with Crippen LogP contribution in [0.3, 0.4) is 0 Å². The topological polar surface area (TPSA) is 42.2 Å². The summed E-state index contributed by atoms with van der Waals surface area (Å²) in [5.74, 6) is 0.432. The number of hydrogen-bond acceptors (Lipinski definition) is 3. The Balaban J connectivity index is 2.35.